The summed E-state index contributed by atoms with van der Waals surface area (Å²) < 4.78 is 40.6. The summed E-state index contributed by atoms with van der Waals surface area (Å²) in [5.74, 6) is -2.68. The Morgan fingerprint density at radius 3 is 2.18 bits per heavy atom. The van der Waals surface area contributed by atoms with Crippen molar-refractivity contribution in [2.24, 2.45) is 0 Å². The van der Waals surface area contributed by atoms with Gasteiger partial charge in [-0.1, -0.05) is 12.1 Å². The molecule has 4 heteroatoms. The third-order valence-corrected chi connectivity index (χ3v) is 2.56. The molecule has 0 heterocycles. The number of benzene rings is 2. The molecule has 0 aliphatic heterocycles. The fourth-order valence-electron chi connectivity index (χ4n) is 1.60. The molecule has 0 aliphatic rings. The number of anilines is 1. The average molecular weight is 237 g/mol. The largest absolute Gasteiger partial charge is 0.399 e. The molecule has 1 nitrogen and oxygen atoms in total. The minimum Gasteiger partial charge on any atom is -0.399 e. The molecule has 88 valence electrons. The van der Waals surface area contributed by atoms with Gasteiger partial charge in [0, 0.05) is 16.8 Å². The minimum absolute atomic E-state index is 0.00407. The monoisotopic (exact) mass is 237 g/mol. The lowest BCUT2D eigenvalue weighted by Crippen LogP contribution is -1.96. The lowest BCUT2D eigenvalue weighted by molar-refractivity contribution is 0.505. The van der Waals surface area contributed by atoms with Crippen LogP contribution in [0.2, 0.25) is 0 Å². The molecular weight excluding hydrogens is 227 g/mol. The van der Waals surface area contributed by atoms with Crippen LogP contribution in [0.25, 0.3) is 11.1 Å². The van der Waals surface area contributed by atoms with Gasteiger partial charge in [-0.25, -0.2) is 13.2 Å². The number of rotatable bonds is 1. The lowest BCUT2D eigenvalue weighted by atomic mass is 10.0. The van der Waals surface area contributed by atoms with Crippen molar-refractivity contribution in [1.82, 2.24) is 0 Å². The van der Waals surface area contributed by atoms with Crippen LogP contribution in [0, 0.1) is 24.4 Å². The first-order valence-electron chi connectivity index (χ1n) is 5.00. The molecule has 0 aliphatic carbocycles. The van der Waals surface area contributed by atoms with Crippen molar-refractivity contribution in [2.75, 3.05) is 5.73 Å². The van der Waals surface area contributed by atoms with Crippen LogP contribution < -0.4 is 5.73 Å². The zero-order valence-electron chi connectivity index (χ0n) is 9.10. The molecule has 0 bridgehead atoms. The van der Waals surface area contributed by atoms with E-state index in [4.69, 9.17) is 5.73 Å². The van der Waals surface area contributed by atoms with Gasteiger partial charge in [-0.05, 0) is 30.7 Å². The fraction of sp³-hybridized carbons (Fsp3) is 0.0769. The molecule has 0 spiro atoms. The van der Waals surface area contributed by atoms with Crippen LogP contribution in [0.15, 0.2) is 30.3 Å². The molecule has 2 aromatic rings. The Kier molecular flexibility index (Phi) is 2.79. The molecule has 17 heavy (non-hydrogen) atoms. The van der Waals surface area contributed by atoms with E-state index >= 15 is 0 Å². The molecule has 0 atom stereocenters. The van der Waals surface area contributed by atoms with Crippen LogP contribution in [0.5, 0.6) is 0 Å². The van der Waals surface area contributed by atoms with E-state index in [0.29, 0.717) is 0 Å². The molecule has 0 aromatic heterocycles. The number of nitrogens with two attached hydrogens (primary N) is 1. The molecule has 2 rings (SSSR count). The highest BCUT2D eigenvalue weighted by Gasteiger charge is 2.15. The first kappa shape index (κ1) is 11.5. The van der Waals surface area contributed by atoms with Gasteiger partial charge in [0.05, 0.1) is 0 Å². The van der Waals surface area contributed by atoms with Gasteiger partial charge < -0.3 is 5.73 Å². The second-order valence-corrected chi connectivity index (χ2v) is 3.80. The highest BCUT2D eigenvalue weighted by molar-refractivity contribution is 5.67. The van der Waals surface area contributed by atoms with Gasteiger partial charge in [0.1, 0.15) is 5.82 Å². The third kappa shape index (κ3) is 1.98. The Labute approximate surface area is 96.7 Å². The SMILES string of the molecule is Cc1ccc(-c2ccc(N)cc2F)c(F)c1F. The summed E-state index contributed by atoms with van der Waals surface area (Å²) in [5.41, 5.74) is 5.70. The Hall–Kier alpha value is -1.97. The van der Waals surface area contributed by atoms with Crippen LogP contribution >= 0.6 is 0 Å². The van der Waals surface area contributed by atoms with E-state index in [0.717, 1.165) is 6.07 Å². The van der Waals surface area contributed by atoms with E-state index < -0.39 is 17.5 Å². The number of aryl methyl sites for hydroxylation is 1. The van der Waals surface area contributed by atoms with E-state index in [9.17, 15) is 13.2 Å². The van der Waals surface area contributed by atoms with Crippen LogP contribution in [-0.2, 0) is 0 Å². The molecule has 2 N–H and O–H groups in total. The molecule has 2 aromatic carbocycles. The lowest BCUT2D eigenvalue weighted by Gasteiger charge is -2.07. The quantitative estimate of drug-likeness (QED) is 0.752. The van der Waals surface area contributed by atoms with Crippen molar-refractivity contribution in [3.05, 3.63) is 53.3 Å². The van der Waals surface area contributed by atoms with Gasteiger partial charge in [-0.2, -0.15) is 0 Å². The smallest absolute Gasteiger partial charge is 0.167 e. The maximum atomic E-state index is 13.7. The topological polar surface area (TPSA) is 26.0 Å². The van der Waals surface area contributed by atoms with Crippen LogP contribution in [-0.4, -0.2) is 0 Å². The molecular formula is C13H10F3N. The summed E-state index contributed by atoms with van der Waals surface area (Å²) in [6.45, 7) is 1.45. The summed E-state index contributed by atoms with van der Waals surface area (Å²) in [4.78, 5) is 0. The van der Waals surface area contributed by atoms with E-state index in [2.05, 4.69) is 0 Å². The van der Waals surface area contributed by atoms with Crippen LogP contribution in [0.3, 0.4) is 0 Å². The summed E-state index contributed by atoms with van der Waals surface area (Å²) >= 11 is 0. The highest BCUT2D eigenvalue weighted by atomic mass is 19.2. The van der Waals surface area contributed by atoms with Crippen LogP contribution in [0.4, 0.5) is 18.9 Å². The molecule has 0 amide bonds. The second kappa shape index (κ2) is 4.13. The van der Waals surface area contributed by atoms with Crippen LogP contribution in [0.1, 0.15) is 5.56 Å². The minimum atomic E-state index is -1.05. The summed E-state index contributed by atoms with van der Waals surface area (Å²) in [5, 5.41) is 0. The number of hydrogen-bond acceptors (Lipinski definition) is 1. The predicted molar refractivity (Wildman–Crippen MR) is 60.9 cm³/mol. The Morgan fingerprint density at radius 1 is 0.882 bits per heavy atom. The van der Waals surface area contributed by atoms with Crippen molar-refractivity contribution in [3.8, 4) is 11.1 Å². The molecule has 0 saturated heterocycles. The first-order valence-corrected chi connectivity index (χ1v) is 5.00. The first-order chi connectivity index (χ1) is 8.00. The Morgan fingerprint density at radius 2 is 1.53 bits per heavy atom. The van der Waals surface area contributed by atoms with Crippen molar-refractivity contribution >= 4 is 5.69 Å². The normalized spacial score (nSPS) is 10.6. The zero-order valence-corrected chi connectivity index (χ0v) is 9.10. The molecule has 0 saturated carbocycles. The van der Waals surface area contributed by atoms with Crippen molar-refractivity contribution in [1.29, 1.82) is 0 Å². The summed E-state index contributed by atoms with van der Waals surface area (Å²) in [6, 6.07) is 6.60. The summed E-state index contributed by atoms with van der Waals surface area (Å²) in [7, 11) is 0. The standard InChI is InChI=1S/C13H10F3N/c1-7-2-4-10(13(16)12(7)15)9-5-3-8(17)6-11(9)14/h2-6H,17H2,1H3. The maximum Gasteiger partial charge on any atom is 0.167 e. The van der Waals surface area contributed by atoms with E-state index in [1.165, 1.54) is 31.2 Å². The number of halogens is 3. The highest BCUT2D eigenvalue weighted by Crippen LogP contribution is 2.29. The van der Waals surface area contributed by atoms with E-state index in [1.54, 1.807) is 0 Å². The predicted octanol–water partition coefficient (Wildman–Crippen LogP) is 3.66. The van der Waals surface area contributed by atoms with Crippen molar-refractivity contribution in [2.45, 2.75) is 6.92 Å². The van der Waals surface area contributed by atoms with E-state index in [-0.39, 0.29) is 22.4 Å². The van der Waals surface area contributed by atoms with Gasteiger partial charge in [0.2, 0.25) is 0 Å². The third-order valence-electron chi connectivity index (χ3n) is 2.56. The molecule has 0 unspecified atom stereocenters. The van der Waals surface area contributed by atoms with Gasteiger partial charge in [-0.3, -0.25) is 0 Å². The van der Waals surface area contributed by atoms with Gasteiger partial charge in [-0.15, -0.1) is 0 Å². The van der Waals surface area contributed by atoms with Gasteiger partial charge in [0.25, 0.3) is 0 Å². The Bertz CT molecular complexity index is 579. The fourth-order valence-corrected chi connectivity index (χ4v) is 1.60. The number of nitrogen functional groups attached to an aromatic ring is 1. The van der Waals surface area contributed by atoms with E-state index in [1.807, 2.05) is 0 Å². The van der Waals surface area contributed by atoms with Gasteiger partial charge in [0.15, 0.2) is 11.6 Å². The van der Waals surface area contributed by atoms with Crippen molar-refractivity contribution < 1.29 is 13.2 Å². The van der Waals surface area contributed by atoms with Crippen molar-refractivity contribution in [3.63, 3.8) is 0 Å². The molecule has 0 fully saturated rings. The summed E-state index contributed by atoms with van der Waals surface area (Å²) in [6.07, 6.45) is 0. The van der Waals surface area contributed by atoms with Gasteiger partial charge >= 0.3 is 0 Å². The second-order valence-electron chi connectivity index (χ2n) is 3.80. The Balaban J connectivity index is 2.65. The molecule has 0 radical (unpaired) electrons. The number of hydrogen-bond donors (Lipinski definition) is 1. The average Bonchev–Trinajstić information content (AvgIpc) is 2.28. The zero-order chi connectivity index (χ0) is 12.6. The maximum absolute atomic E-state index is 13.7.